The third kappa shape index (κ3) is 1.77. The van der Waals surface area contributed by atoms with Crippen LogP contribution < -0.4 is 0 Å². The average molecular weight is 148 g/mol. The molecule has 1 heteroatoms. The van der Waals surface area contributed by atoms with Gasteiger partial charge in [-0.2, -0.15) is 0 Å². The molecule has 0 heterocycles. The summed E-state index contributed by atoms with van der Waals surface area (Å²) in [6.45, 7) is 7.72. The van der Waals surface area contributed by atoms with Crippen molar-refractivity contribution in [1.82, 2.24) is 0 Å². The van der Waals surface area contributed by atoms with E-state index in [-0.39, 0.29) is 0 Å². The van der Waals surface area contributed by atoms with E-state index in [4.69, 9.17) is 0 Å². The van der Waals surface area contributed by atoms with E-state index in [1.165, 1.54) is 19.2 Å². The van der Waals surface area contributed by atoms with Gasteiger partial charge in [0.15, 0.2) is 0 Å². The van der Waals surface area contributed by atoms with Gasteiger partial charge >= 0.3 is 0 Å². The molecule has 1 saturated carbocycles. The van der Waals surface area contributed by atoms with E-state index in [1.807, 2.05) is 0 Å². The Kier molecular flexibility index (Phi) is 2.98. The SMILES string of the molecule is BCC1CC(C=C)CC1C=C. The molecule has 0 aliphatic heterocycles. The van der Waals surface area contributed by atoms with Crippen LogP contribution in [0.4, 0.5) is 0 Å². The van der Waals surface area contributed by atoms with Crippen molar-refractivity contribution in [2.24, 2.45) is 17.8 Å². The fourth-order valence-electron chi connectivity index (χ4n) is 2.15. The predicted octanol–water partition coefficient (Wildman–Crippen LogP) is 2.05. The summed E-state index contributed by atoms with van der Waals surface area (Å²) >= 11 is 0. The molecule has 3 atom stereocenters. The predicted molar refractivity (Wildman–Crippen MR) is 53.4 cm³/mol. The molecular formula is C10H17B. The van der Waals surface area contributed by atoms with Crippen LogP contribution in [-0.2, 0) is 0 Å². The number of rotatable bonds is 3. The Bertz CT molecular complexity index is 151. The largest absolute Gasteiger partial charge is 0.103 e. The zero-order chi connectivity index (χ0) is 8.27. The van der Waals surface area contributed by atoms with E-state index in [9.17, 15) is 0 Å². The highest BCUT2D eigenvalue weighted by Gasteiger charge is 2.28. The molecule has 0 N–H and O–H groups in total. The van der Waals surface area contributed by atoms with Gasteiger partial charge < -0.3 is 0 Å². The van der Waals surface area contributed by atoms with Crippen LogP contribution in [-0.4, -0.2) is 7.85 Å². The highest BCUT2D eigenvalue weighted by atomic mass is 14.3. The van der Waals surface area contributed by atoms with Gasteiger partial charge in [-0.1, -0.05) is 18.5 Å². The van der Waals surface area contributed by atoms with Crippen LogP contribution in [0.15, 0.2) is 25.3 Å². The Morgan fingerprint density at radius 1 is 1.27 bits per heavy atom. The number of hydrogen-bond acceptors (Lipinski definition) is 0. The first-order valence-corrected chi connectivity index (χ1v) is 4.56. The van der Waals surface area contributed by atoms with E-state index in [1.54, 1.807) is 0 Å². The van der Waals surface area contributed by atoms with Gasteiger partial charge in [-0.05, 0) is 30.6 Å². The molecule has 0 aromatic carbocycles. The first kappa shape index (κ1) is 8.64. The molecule has 0 spiro atoms. The van der Waals surface area contributed by atoms with Crippen LogP contribution in [0, 0.1) is 17.8 Å². The summed E-state index contributed by atoms with van der Waals surface area (Å²) in [5.41, 5.74) is 0. The maximum atomic E-state index is 3.88. The molecule has 0 bridgehead atoms. The minimum atomic E-state index is 0.753. The third-order valence-electron chi connectivity index (χ3n) is 2.95. The molecule has 0 amide bonds. The number of allylic oxidation sites excluding steroid dienone is 2. The lowest BCUT2D eigenvalue weighted by atomic mass is 9.84. The van der Waals surface area contributed by atoms with Gasteiger partial charge in [0.1, 0.15) is 7.85 Å². The maximum Gasteiger partial charge on any atom is 0.101 e. The average Bonchev–Trinajstić information content (AvgIpc) is 2.46. The normalized spacial score (nSPS) is 36.9. The molecule has 0 aromatic rings. The van der Waals surface area contributed by atoms with E-state index in [2.05, 4.69) is 33.2 Å². The molecule has 60 valence electrons. The molecule has 0 nitrogen and oxygen atoms in total. The summed E-state index contributed by atoms with van der Waals surface area (Å²) < 4.78 is 0. The summed E-state index contributed by atoms with van der Waals surface area (Å²) in [6.07, 6.45) is 8.13. The van der Waals surface area contributed by atoms with E-state index in [0.29, 0.717) is 0 Å². The van der Waals surface area contributed by atoms with E-state index < -0.39 is 0 Å². The summed E-state index contributed by atoms with van der Waals surface area (Å²) in [5.74, 6) is 2.38. The molecule has 0 aromatic heterocycles. The van der Waals surface area contributed by atoms with Crippen LogP contribution >= 0.6 is 0 Å². The van der Waals surface area contributed by atoms with Gasteiger partial charge in [-0.25, -0.2) is 0 Å². The molecule has 0 saturated heterocycles. The van der Waals surface area contributed by atoms with Gasteiger partial charge in [0, 0.05) is 0 Å². The first-order chi connectivity index (χ1) is 5.31. The van der Waals surface area contributed by atoms with Crippen molar-refractivity contribution in [1.29, 1.82) is 0 Å². The quantitative estimate of drug-likeness (QED) is 0.424. The van der Waals surface area contributed by atoms with Gasteiger partial charge in [-0.15, -0.1) is 13.2 Å². The second kappa shape index (κ2) is 3.80. The molecule has 1 aliphatic rings. The fraction of sp³-hybridized carbons (Fsp3) is 0.600. The Morgan fingerprint density at radius 2 is 2.00 bits per heavy atom. The molecule has 1 fully saturated rings. The van der Waals surface area contributed by atoms with Crippen molar-refractivity contribution in [3.63, 3.8) is 0 Å². The second-order valence-electron chi connectivity index (χ2n) is 3.54. The van der Waals surface area contributed by atoms with Crippen LogP contribution in [0.5, 0.6) is 0 Å². The summed E-state index contributed by atoms with van der Waals surface area (Å²) in [5, 5.41) is 0. The van der Waals surface area contributed by atoms with Crippen LogP contribution in [0.25, 0.3) is 0 Å². The lowest BCUT2D eigenvalue weighted by Crippen LogP contribution is -2.02. The fourth-order valence-corrected chi connectivity index (χ4v) is 2.15. The molecule has 1 rings (SSSR count). The van der Waals surface area contributed by atoms with Gasteiger partial charge in [-0.3, -0.25) is 0 Å². The van der Waals surface area contributed by atoms with Crippen molar-refractivity contribution in [3.8, 4) is 0 Å². The van der Waals surface area contributed by atoms with Crippen molar-refractivity contribution in [3.05, 3.63) is 25.3 Å². The highest BCUT2D eigenvalue weighted by Crippen LogP contribution is 2.39. The first-order valence-electron chi connectivity index (χ1n) is 4.56. The van der Waals surface area contributed by atoms with Crippen LogP contribution in [0.3, 0.4) is 0 Å². The zero-order valence-corrected chi connectivity index (χ0v) is 7.42. The minimum absolute atomic E-state index is 0.753. The smallest absolute Gasteiger partial charge is 0.101 e. The third-order valence-corrected chi connectivity index (χ3v) is 2.95. The van der Waals surface area contributed by atoms with Crippen molar-refractivity contribution < 1.29 is 0 Å². The summed E-state index contributed by atoms with van der Waals surface area (Å²) in [4.78, 5) is 0. The molecule has 0 radical (unpaired) electrons. The lowest BCUT2D eigenvalue weighted by Gasteiger charge is -2.11. The highest BCUT2D eigenvalue weighted by molar-refractivity contribution is 6.08. The Hall–Kier alpha value is -0.455. The zero-order valence-electron chi connectivity index (χ0n) is 7.42. The maximum absolute atomic E-state index is 3.88. The molecule has 1 aliphatic carbocycles. The standard InChI is InChI=1S/C10H17B/c1-3-8-5-9(4-2)10(6-8)7-11/h3-4,8-10H,1-2,5-7,11H2. The van der Waals surface area contributed by atoms with Crippen molar-refractivity contribution in [2.45, 2.75) is 19.2 Å². The minimum Gasteiger partial charge on any atom is -0.103 e. The topological polar surface area (TPSA) is 0 Å². The van der Waals surface area contributed by atoms with Gasteiger partial charge in [0.25, 0.3) is 0 Å². The van der Waals surface area contributed by atoms with E-state index >= 15 is 0 Å². The Morgan fingerprint density at radius 3 is 2.36 bits per heavy atom. The van der Waals surface area contributed by atoms with E-state index in [0.717, 1.165) is 17.8 Å². The lowest BCUT2D eigenvalue weighted by molar-refractivity contribution is 0.504. The second-order valence-corrected chi connectivity index (χ2v) is 3.54. The van der Waals surface area contributed by atoms with Crippen LogP contribution in [0.1, 0.15) is 12.8 Å². The van der Waals surface area contributed by atoms with Crippen molar-refractivity contribution >= 4 is 7.85 Å². The summed E-state index contributed by atoms with van der Waals surface area (Å²) in [7, 11) is 2.27. The Balaban J connectivity index is 2.53. The molecule has 3 unspecified atom stereocenters. The monoisotopic (exact) mass is 148 g/mol. The molecular weight excluding hydrogens is 131 g/mol. The summed E-state index contributed by atoms with van der Waals surface area (Å²) in [6, 6.07) is 0. The van der Waals surface area contributed by atoms with Crippen molar-refractivity contribution in [2.75, 3.05) is 0 Å². The number of hydrogen-bond donors (Lipinski definition) is 0. The molecule has 11 heavy (non-hydrogen) atoms. The van der Waals surface area contributed by atoms with Crippen LogP contribution in [0.2, 0.25) is 6.32 Å². The Labute approximate surface area is 70.8 Å². The van der Waals surface area contributed by atoms with Gasteiger partial charge in [0.05, 0.1) is 0 Å². The van der Waals surface area contributed by atoms with Gasteiger partial charge in [0.2, 0.25) is 0 Å².